The lowest BCUT2D eigenvalue weighted by Crippen LogP contribution is -2.31. The summed E-state index contributed by atoms with van der Waals surface area (Å²) in [5, 5.41) is 0. The highest BCUT2D eigenvalue weighted by atomic mass is 32.2. The molecule has 2 N–H and O–H groups in total. The molecule has 5 heteroatoms. The molecule has 1 aliphatic heterocycles. The van der Waals surface area contributed by atoms with Crippen molar-refractivity contribution in [2.45, 2.75) is 25.8 Å². The SMILES string of the molecule is CC(N)CCSCCCN1C(=O)c2ccccc2C1=O. The highest BCUT2D eigenvalue weighted by Crippen LogP contribution is 2.22. The van der Waals surface area contributed by atoms with Crippen molar-refractivity contribution < 1.29 is 9.59 Å². The zero-order valence-corrected chi connectivity index (χ0v) is 12.5. The standard InChI is InChI=1S/C15H20N2O2S/c1-11(16)7-10-20-9-4-8-17-14(18)12-5-2-3-6-13(12)15(17)19/h2-3,5-6,11H,4,7-10,16H2,1H3. The van der Waals surface area contributed by atoms with Gasteiger partial charge in [-0.1, -0.05) is 12.1 Å². The third kappa shape index (κ3) is 3.41. The van der Waals surface area contributed by atoms with E-state index in [4.69, 9.17) is 5.73 Å². The largest absolute Gasteiger partial charge is 0.328 e. The summed E-state index contributed by atoms with van der Waals surface area (Å²) in [7, 11) is 0. The van der Waals surface area contributed by atoms with Crippen LogP contribution in [0.3, 0.4) is 0 Å². The molecular weight excluding hydrogens is 272 g/mol. The first-order valence-electron chi connectivity index (χ1n) is 6.90. The number of thioether (sulfide) groups is 1. The smallest absolute Gasteiger partial charge is 0.261 e. The number of hydrogen-bond donors (Lipinski definition) is 1. The fraction of sp³-hybridized carbons (Fsp3) is 0.467. The van der Waals surface area contributed by atoms with Crippen molar-refractivity contribution in [3.8, 4) is 0 Å². The van der Waals surface area contributed by atoms with Crippen LogP contribution in [0.2, 0.25) is 0 Å². The molecule has 4 nitrogen and oxygen atoms in total. The summed E-state index contributed by atoms with van der Waals surface area (Å²) < 4.78 is 0. The van der Waals surface area contributed by atoms with Crippen molar-refractivity contribution in [1.82, 2.24) is 4.90 Å². The summed E-state index contributed by atoms with van der Waals surface area (Å²) in [6, 6.07) is 7.24. The van der Waals surface area contributed by atoms with Gasteiger partial charge in [0.15, 0.2) is 0 Å². The van der Waals surface area contributed by atoms with Gasteiger partial charge in [-0.05, 0) is 43.4 Å². The molecule has 1 aromatic carbocycles. The second-order valence-corrected chi connectivity index (χ2v) is 6.26. The number of carbonyl (C=O) groups is 2. The van der Waals surface area contributed by atoms with E-state index in [-0.39, 0.29) is 17.9 Å². The Morgan fingerprint density at radius 1 is 1.15 bits per heavy atom. The Balaban J connectivity index is 1.78. The van der Waals surface area contributed by atoms with E-state index in [2.05, 4.69) is 0 Å². The van der Waals surface area contributed by atoms with Crippen molar-refractivity contribution in [3.63, 3.8) is 0 Å². The molecule has 0 spiro atoms. The minimum atomic E-state index is -0.161. The topological polar surface area (TPSA) is 63.4 Å². The van der Waals surface area contributed by atoms with E-state index in [1.54, 1.807) is 24.3 Å². The van der Waals surface area contributed by atoms with E-state index >= 15 is 0 Å². The molecule has 0 bridgehead atoms. The number of rotatable bonds is 7. The minimum Gasteiger partial charge on any atom is -0.328 e. The highest BCUT2D eigenvalue weighted by Gasteiger charge is 2.34. The van der Waals surface area contributed by atoms with Gasteiger partial charge in [0.05, 0.1) is 11.1 Å². The summed E-state index contributed by atoms with van der Waals surface area (Å²) in [6.45, 7) is 2.50. The maximum atomic E-state index is 12.1. The number of hydrogen-bond acceptors (Lipinski definition) is 4. The van der Waals surface area contributed by atoms with Crippen LogP contribution in [0.1, 0.15) is 40.5 Å². The van der Waals surface area contributed by atoms with E-state index in [1.807, 2.05) is 18.7 Å². The summed E-state index contributed by atoms with van der Waals surface area (Å²) in [5.74, 6) is 1.65. The summed E-state index contributed by atoms with van der Waals surface area (Å²) in [5.41, 5.74) is 6.74. The van der Waals surface area contributed by atoms with Gasteiger partial charge in [0.1, 0.15) is 0 Å². The van der Waals surface area contributed by atoms with Gasteiger partial charge in [0, 0.05) is 12.6 Å². The fourth-order valence-corrected chi connectivity index (χ4v) is 3.21. The van der Waals surface area contributed by atoms with Gasteiger partial charge in [0.2, 0.25) is 0 Å². The number of carbonyl (C=O) groups excluding carboxylic acids is 2. The Labute approximate surface area is 123 Å². The van der Waals surface area contributed by atoms with Gasteiger partial charge in [-0.2, -0.15) is 11.8 Å². The molecular formula is C15H20N2O2S. The zero-order chi connectivity index (χ0) is 14.5. The van der Waals surface area contributed by atoms with Gasteiger partial charge < -0.3 is 5.73 Å². The zero-order valence-electron chi connectivity index (χ0n) is 11.7. The molecule has 0 aliphatic carbocycles. The quantitative estimate of drug-likeness (QED) is 0.618. The second kappa shape index (κ2) is 6.90. The van der Waals surface area contributed by atoms with Crippen molar-refractivity contribution in [2.24, 2.45) is 5.73 Å². The Morgan fingerprint density at radius 3 is 2.30 bits per heavy atom. The lowest BCUT2D eigenvalue weighted by atomic mass is 10.1. The van der Waals surface area contributed by atoms with Gasteiger partial charge in [-0.25, -0.2) is 0 Å². The number of nitrogens with two attached hydrogens (primary N) is 1. The summed E-state index contributed by atoms with van der Waals surface area (Å²) in [4.78, 5) is 25.6. The van der Waals surface area contributed by atoms with Crippen LogP contribution in [-0.2, 0) is 0 Å². The molecule has 0 radical (unpaired) electrons. The van der Waals surface area contributed by atoms with Crippen molar-refractivity contribution in [3.05, 3.63) is 35.4 Å². The van der Waals surface area contributed by atoms with Gasteiger partial charge in [-0.3, -0.25) is 14.5 Å². The first-order chi connectivity index (χ1) is 9.61. The Kier molecular flexibility index (Phi) is 5.20. The van der Waals surface area contributed by atoms with E-state index in [9.17, 15) is 9.59 Å². The molecule has 1 unspecified atom stereocenters. The van der Waals surface area contributed by atoms with E-state index in [1.165, 1.54) is 4.90 Å². The molecule has 2 rings (SSSR count). The van der Waals surface area contributed by atoms with Crippen LogP contribution in [0.15, 0.2) is 24.3 Å². The van der Waals surface area contributed by atoms with Crippen LogP contribution in [-0.4, -0.2) is 40.8 Å². The molecule has 0 saturated heterocycles. The van der Waals surface area contributed by atoms with Gasteiger partial charge in [0.25, 0.3) is 11.8 Å². The normalized spacial score (nSPS) is 15.6. The van der Waals surface area contributed by atoms with Crippen LogP contribution in [0, 0.1) is 0 Å². The third-order valence-corrected chi connectivity index (χ3v) is 4.37. The summed E-state index contributed by atoms with van der Waals surface area (Å²) >= 11 is 1.82. The highest BCUT2D eigenvalue weighted by molar-refractivity contribution is 7.99. The molecule has 20 heavy (non-hydrogen) atoms. The van der Waals surface area contributed by atoms with E-state index < -0.39 is 0 Å². The van der Waals surface area contributed by atoms with Crippen molar-refractivity contribution in [2.75, 3.05) is 18.1 Å². The van der Waals surface area contributed by atoms with Gasteiger partial charge in [-0.15, -0.1) is 0 Å². The average molecular weight is 292 g/mol. The van der Waals surface area contributed by atoms with Crippen LogP contribution < -0.4 is 5.73 Å². The fourth-order valence-electron chi connectivity index (χ4n) is 2.14. The monoisotopic (exact) mass is 292 g/mol. The predicted molar refractivity (Wildman–Crippen MR) is 82.0 cm³/mol. The Morgan fingerprint density at radius 2 is 1.75 bits per heavy atom. The molecule has 1 aliphatic rings. The van der Waals surface area contributed by atoms with Gasteiger partial charge >= 0.3 is 0 Å². The lowest BCUT2D eigenvalue weighted by Gasteiger charge is -2.13. The van der Waals surface area contributed by atoms with E-state index in [0.717, 1.165) is 24.3 Å². The molecule has 108 valence electrons. The van der Waals surface area contributed by atoms with Crippen molar-refractivity contribution in [1.29, 1.82) is 0 Å². The maximum Gasteiger partial charge on any atom is 0.261 e. The Bertz CT molecular complexity index is 467. The second-order valence-electron chi connectivity index (χ2n) is 5.04. The first kappa shape index (κ1) is 15.1. The van der Waals surface area contributed by atoms with Crippen LogP contribution >= 0.6 is 11.8 Å². The van der Waals surface area contributed by atoms with Crippen LogP contribution in [0.5, 0.6) is 0 Å². The molecule has 1 atom stereocenters. The Hall–Kier alpha value is -1.33. The average Bonchev–Trinajstić information content (AvgIpc) is 2.67. The van der Waals surface area contributed by atoms with Crippen LogP contribution in [0.4, 0.5) is 0 Å². The molecule has 2 amide bonds. The van der Waals surface area contributed by atoms with Crippen molar-refractivity contribution >= 4 is 23.6 Å². The predicted octanol–water partition coefficient (Wildman–Crippen LogP) is 2.14. The molecule has 1 aromatic rings. The molecule has 0 fully saturated rings. The molecule has 0 saturated carbocycles. The number of benzene rings is 1. The van der Waals surface area contributed by atoms with E-state index in [0.29, 0.717) is 17.7 Å². The third-order valence-electron chi connectivity index (χ3n) is 3.27. The van der Waals surface area contributed by atoms with Crippen LogP contribution in [0.25, 0.3) is 0 Å². The molecule has 0 aromatic heterocycles. The lowest BCUT2D eigenvalue weighted by molar-refractivity contribution is 0.0655. The first-order valence-corrected chi connectivity index (χ1v) is 8.05. The number of fused-ring (bicyclic) bond motifs is 1. The molecule has 1 heterocycles. The number of amides is 2. The number of nitrogens with zero attached hydrogens (tertiary/aromatic N) is 1. The summed E-state index contributed by atoms with van der Waals surface area (Å²) in [6.07, 6.45) is 1.83. The number of imide groups is 1. The minimum absolute atomic E-state index is 0.161. The maximum absolute atomic E-state index is 12.1.